The predicted octanol–water partition coefficient (Wildman–Crippen LogP) is 2.36. The lowest BCUT2D eigenvalue weighted by molar-refractivity contribution is 0.114. The van der Waals surface area contributed by atoms with Gasteiger partial charge >= 0.3 is 0 Å². The Kier molecular flexibility index (Phi) is 3.06. The average Bonchev–Trinajstić information content (AvgIpc) is 2.83. The minimum absolute atomic E-state index is 0.0678. The molecule has 0 bridgehead atoms. The van der Waals surface area contributed by atoms with E-state index in [0.29, 0.717) is 5.75 Å². The van der Waals surface area contributed by atoms with E-state index in [4.69, 9.17) is 4.74 Å². The Bertz CT molecular complexity index is 857. The monoisotopic (exact) mass is 332 g/mol. The number of benzene rings is 2. The summed E-state index contributed by atoms with van der Waals surface area (Å²) in [5.41, 5.74) is 1.60. The molecule has 0 aliphatic carbocycles. The van der Waals surface area contributed by atoms with Gasteiger partial charge in [-0.1, -0.05) is 12.1 Å². The first-order valence-corrected chi connectivity index (χ1v) is 9.24. The highest BCUT2D eigenvalue weighted by atomic mass is 32.2. The summed E-state index contributed by atoms with van der Waals surface area (Å²) in [4.78, 5) is 0. The third-order valence-electron chi connectivity index (χ3n) is 4.65. The van der Waals surface area contributed by atoms with Crippen LogP contribution in [0.1, 0.15) is 23.1 Å². The van der Waals surface area contributed by atoms with E-state index in [1.54, 1.807) is 36.4 Å². The van der Waals surface area contributed by atoms with Crippen LogP contribution in [0.15, 0.2) is 42.5 Å². The highest BCUT2D eigenvalue weighted by Gasteiger charge is 2.48. The number of aromatic hydroxyl groups is 2. The zero-order valence-corrected chi connectivity index (χ0v) is 13.0. The minimum atomic E-state index is -3.14. The molecule has 1 fully saturated rings. The van der Waals surface area contributed by atoms with Gasteiger partial charge in [-0.25, -0.2) is 8.42 Å². The highest BCUT2D eigenvalue weighted by molar-refractivity contribution is 7.91. The van der Waals surface area contributed by atoms with Gasteiger partial charge in [0.2, 0.25) is 0 Å². The molecule has 2 aromatic rings. The molecule has 3 unspecified atom stereocenters. The Morgan fingerprint density at radius 1 is 0.957 bits per heavy atom. The Labute approximate surface area is 134 Å². The van der Waals surface area contributed by atoms with Crippen LogP contribution in [0.5, 0.6) is 17.2 Å². The molecule has 23 heavy (non-hydrogen) atoms. The first-order valence-electron chi connectivity index (χ1n) is 7.42. The molecule has 120 valence electrons. The summed E-state index contributed by atoms with van der Waals surface area (Å²) in [7, 11) is -3.14. The smallest absolute Gasteiger partial charge is 0.151 e. The van der Waals surface area contributed by atoms with Gasteiger partial charge in [-0.2, -0.15) is 0 Å². The van der Waals surface area contributed by atoms with Crippen LogP contribution in [0, 0.1) is 5.92 Å². The van der Waals surface area contributed by atoms with Gasteiger partial charge < -0.3 is 14.9 Å². The van der Waals surface area contributed by atoms with E-state index < -0.39 is 9.84 Å². The molecule has 2 N–H and O–H groups in total. The standard InChI is InChI=1S/C17H16O5S/c18-11-3-1-10(2-4-11)17-15-9-23(20,21)8-14(15)13-7-12(19)5-6-16(13)22-17/h1-7,14-15,17-19H,8-9H2. The van der Waals surface area contributed by atoms with Crippen molar-refractivity contribution in [1.82, 2.24) is 0 Å². The molecule has 0 amide bonds. The molecule has 3 atom stereocenters. The number of sulfone groups is 1. The van der Waals surface area contributed by atoms with Crippen LogP contribution < -0.4 is 4.74 Å². The van der Waals surface area contributed by atoms with E-state index in [0.717, 1.165) is 11.1 Å². The third-order valence-corrected chi connectivity index (χ3v) is 6.41. The minimum Gasteiger partial charge on any atom is -0.508 e. The number of phenolic OH excluding ortho intramolecular Hbond substituents is 2. The Morgan fingerprint density at radius 2 is 1.65 bits per heavy atom. The largest absolute Gasteiger partial charge is 0.508 e. The van der Waals surface area contributed by atoms with Crippen molar-refractivity contribution < 1.29 is 23.4 Å². The zero-order chi connectivity index (χ0) is 16.2. The van der Waals surface area contributed by atoms with Gasteiger partial charge in [0.25, 0.3) is 0 Å². The molecule has 2 aromatic carbocycles. The van der Waals surface area contributed by atoms with E-state index in [2.05, 4.69) is 0 Å². The second-order valence-electron chi connectivity index (χ2n) is 6.20. The fourth-order valence-electron chi connectivity index (χ4n) is 3.63. The zero-order valence-electron chi connectivity index (χ0n) is 12.2. The van der Waals surface area contributed by atoms with Crippen LogP contribution >= 0.6 is 0 Å². The lowest BCUT2D eigenvalue weighted by atomic mass is 9.80. The molecular formula is C17H16O5S. The van der Waals surface area contributed by atoms with E-state index in [9.17, 15) is 18.6 Å². The molecule has 2 heterocycles. The van der Waals surface area contributed by atoms with Crippen molar-refractivity contribution in [2.24, 2.45) is 5.92 Å². The van der Waals surface area contributed by atoms with Crippen molar-refractivity contribution in [3.05, 3.63) is 53.6 Å². The molecule has 2 aliphatic rings. The Morgan fingerprint density at radius 3 is 2.39 bits per heavy atom. The van der Waals surface area contributed by atoms with E-state index in [1.165, 1.54) is 6.07 Å². The molecule has 2 aliphatic heterocycles. The molecular weight excluding hydrogens is 316 g/mol. The SMILES string of the molecule is O=S1(=O)CC2c3cc(O)ccc3OC(c3ccc(O)cc3)C2C1. The first kappa shape index (κ1) is 14.4. The van der Waals surface area contributed by atoms with Gasteiger partial charge in [0.1, 0.15) is 23.4 Å². The van der Waals surface area contributed by atoms with Crippen LogP contribution in [-0.4, -0.2) is 30.1 Å². The van der Waals surface area contributed by atoms with Crippen LogP contribution in [0.3, 0.4) is 0 Å². The normalized spacial score (nSPS) is 27.7. The lowest BCUT2D eigenvalue weighted by Gasteiger charge is -2.35. The quantitative estimate of drug-likeness (QED) is 0.837. The number of fused-ring (bicyclic) bond motifs is 3. The van der Waals surface area contributed by atoms with E-state index >= 15 is 0 Å². The summed E-state index contributed by atoms with van der Waals surface area (Å²) in [6.45, 7) is 0. The van der Waals surface area contributed by atoms with Crippen molar-refractivity contribution in [1.29, 1.82) is 0 Å². The Balaban J connectivity index is 1.83. The second kappa shape index (κ2) is 4.89. The lowest BCUT2D eigenvalue weighted by Crippen LogP contribution is -2.29. The molecule has 0 aromatic heterocycles. The maximum atomic E-state index is 12.2. The molecule has 5 nitrogen and oxygen atoms in total. The molecule has 4 rings (SSSR count). The van der Waals surface area contributed by atoms with Gasteiger partial charge in [0, 0.05) is 17.4 Å². The van der Waals surface area contributed by atoms with Gasteiger partial charge in [-0.05, 0) is 35.9 Å². The summed E-state index contributed by atoms with van der Waals surface area (Å²) < 4.78 is 30.4. The predicted molar refractivity (Wildman–Crippen MR) is 84.5 cm³/mol. The van der Waals surface area contributed by atoms with Crippen LogP contribution in [0.25, 0.3) is 0 Å². The van der Waals surface area contributed by atoms with Crippen molar-refractivity contribution in [3.63, 3.8) is 0 Å². The number of rotatable bonds is 1. The van der Waals surface area contributed by atoms with E-state index in [1.807, 2.05) is 0 Å². The highest BCUT2D eigenvalue weighted by Crippen LogP contribution is 2.51. The van der Waals surface area contributed by atoms with Crippen LogP contribution in [-0.2, 0) is 9.84 Å². The third kappa shape index (κ3) is 2.43. The van der Waals surface area contributed by atoms with Gasteiger partial charge in [-0.3, -0.25) is 0 Å². The van der Waals surface area contributed by atoms with Crippen molar-refractivity contribution in [2.45, 2.75) is 12.0 Å². The number of ether oxygens (including phenoxy) is 1. The summed E-state index contributed by atoms with van der Waals surface area (Å²) in [5, 5.41) is 19.2. The van der Waals surface area contributed by atoms with Gasteiger partial charge in [0.15, 0.2) is 9.84 Å². The molecule has 6 heteroatoms. The van der Waals surface area contributed by atoms with Gasteiger partial charge in [-0.15, -0.1) is 0 Å². The summed E-state index contributed by atoms with van der Waals surface area (Å²) in [6, 6.07) is 11.5. The summed E-state index contributed by atoms with van der Waals surface area (Å²) >= 11 is 0. The number of hydrogen-bond donors (Lipinski definition) is 2. The average molecular weight is 332 g/mol. The van der Waals surface area contributed by atoms with Crippen molar-refractivity contribution in [3.8, 4) is 17.2 Å². The summed E-state index contributed by atoms with van der Waals surface area (Å²) in [5.74, 6) is 0.640. The van der Waals surface area contributed by atoms with Crippen LogP contribution in [0.4, 0.5) is 0 Å². The summed E-state index contributed by atoms with van der Waals surface area (Å²) in [6.07, 6.45) is -0.380. The van der Waals surface area contributed by atoms with E-state index in [-0.39, 0.29) is 40.9 Å². The van der Waals surface area contributed by atoms with Gasteiger partial charge in [0.05, 0.1) is 11.5 Å². The first-order chi connectivity index (χ1) is 10.9. The molecule has 0 spiro atoms. The maximum absolute atomic E-state index is 12.2. The molecule has 0 saturated carbocycles. The van der Waals surface area contributed by atoms with Crippen molar-refractivity contribution >= 4 is 9.84 Å². The number of hydrogen-bond acceptors (Lipinski definition) is 5. The fraction of sp³-hybridized carbons (Fsp3) is 0.294. The molecule has 1 saturated heterocycles. The van der Waals surface area contributed by atoms with Crippen molar-refractivity contribution in [2.75, 3.05) is 11.5 Å². The topological polar surface area (TPSA) is 83.8 Å². The fourth-order valence-corrected chi connectivity index (χ4v) is 5.73. The maximum Gasteiger partial charge on any atom is 0.151 e. The molecule has 0 radical (unpaired) electrons. The van der Waals surface area contributed by atoms with Crippen LogP contribution in [0.2, 0.25) is 0 Å². The Hall–Kier alpha value is -2.21. The number of phenols is 2. The second-order valence-corrected chi connectivity index (χ2v) is 8.35.